The standard InChI is InChI=1S/C8H5BrClNO/c1-5-2-6(11-4-12)3-7(10)8(5)9/h2-3H,1H3. The lowest BCUT2D eigenvalue weighted by Gasteiger charge is -2.00. The van der Waals surface area contributed by atoms with E-state index in [9.17, 15) is 4.79 Å². The van der Waals surface area contributed by atoms with Crippen molar-refractivity contribution < 1.29 is 4.79 Å². The predicted molar refractivity (Wildman–Crippen MR) is 51.7 cm³/mol. The van der Waals surface area contributed by atoms with E-state index >= 15 is 0 Å². The Kier molecular flexibility index (Phi) is 3.04. The Morgan fingerprint density at radius 2 is 2.25 bits per heavy atom. The van der Waals surface area contributed by atoms with E-state index in [1.165, 1.54) is 6.08 Å². The number of isocyanates is 1. The fraction of sp³-hybridized carbons (Fsp3) is 0.125. The Labute approximate surface area is 83.4 Å². The Bertz CT molecular complexity index is 335. The lowest BCUT2D eigenvalue weighted by atomic mass is 10.2. The number of nitrogens with zero attached hydrogens (tertiary/aromatic N) is 1. The van der Waals surface area contributed by atoms with Crippen molar-refractivity contribution in [2.24, 2.45) is 4.99 Å². The summed E-state index contributed by atoms with van der Waals surface area (Å²) in [5, 5.41) is 0.545. The molecule has 0 radical (unpaired) electrons. The first-order valence-corrected chi connectivity index (χ1v) is 4.35. The topological polar surface area (TPSA) is 29.4 Å². The van der Waals surface area contributed by atoms with Crippen LogP contribution in [0.25, 0.3) is 0 Å². The molecule has 2 nitrogen and oxygen atoms in total. The third kappa shape index (κ3) is 1.95. The molecule has 12 heavy (non-hydrogen) atoms. The fourth-order valence-electron chi connectivity index (χ4n) is 0.826. The highest BCUT2D eigenvalue weighted by Gasteiger charge is 2.02. The zero-order chi connectivity index (χ0) is 9.14. The monoisotopic (exact) mass is 245 g/mol. The van der Waals surface area contributed by atoms with Gasteiger partial charge in [-0.2, -0.15) is 4.99 Å². The van der Waals surface area contributed by atoms with Gasteiger partial charge in [-0.25, -0.2) is 4.79 Å². The number of aliphatic imine (C=N–C) groups is 1. The van der Waals surface area contributed by atoms with Gasteiger partial charge in [0.15, 0.2) is 0 Å². The van der Waals surface area contributed by atoms with Crippen LogP contribution in [0.15, 0.2) is 21.6 Å². The maximum Gasteiger partial charge on any atom is 0.240 e. The summed E-state index contributed by atoms with van der Waals surface area (Å²) in [6.45, 7) is 1.87. The van der Waals surface area contributed by atoms with E-state index in [2.05, 4.69) is 20.9 Å². The van der Waals surface area contributed by atoms with Crippen LogP contribution in [0.4, 0.5) is 5.69 Å². The molecule has 0 aliphatic carbocycles. The molecule has 1 aromatic carbocycles. The fourth-order valence-corrected chi connectivity index (χ4v) is 1.32. The van der Waals surface area contributed by atoms with E-state index in [0.29, 0.717) is 10.7 Å². The molecule has 0 aliphatic heterocycles. The molecule has 0 N–H and O–H groups in total. The van der Waals surface area contributed by atoms with Crippen LogP contribution in [0.5, 0.6) is 0 Å². The van der Waals surface area contributed by atoms with Crippen molar-refractivity contribution in [1.29, 1.82) is 0 Å². The van der Waals surface area contributed by atoms with E-state index in [4.69, 9.17) is 11.6 Å². The normalized spacial score (nSPS) is 9.25. The lowest BCUT2D eigenvalue weighted by Crippen LogP contribution is -1.76. The molecule has 4 heteroatoms. The van der Waals surface area contributed by atoms with E-state index < -0.39 is 0 Å². The number of halogens is 2. The van der Waals surface area contributed by atoms with Gasteiger partial charge in [0.25, 0.3) is 0 Å². The molecule has 0 bridgehead atoms. The number of aryl methyl sites for hydroxylation is 1. The van der Waals surface area contributed by atoms with Gasteiger partial charge in [-0.3, -0.25) is 0 Å². The highest BCUT2D eigenvalue weighted by Crippen LogP contribution is 2.30. The van der Waals surface area contributed by atoms with Crippen molar-refractivity contribution in [1.82, 2.24) is 0 Å². The molecule has 62 valence electrons. The Balaban J connectivity index is 3.30. The first-order chi connectivity index (χ1) is 5.65. The maximum absolute atomic E-state index is 9.94. The molecule has 0 saturated carbocycles. The molecule has 1 aromatic rings. The van der Waals surface area contributed by atoms with Gasteiger partial charge >= 0.3 is 0 Å². The molecular formula is C8H5BrClNO. The first-order valence-electron chi connectivity index (χ1n) is 3.18. The molecule has 0 aromatic heterocycles. The smallest absolute Gasteiger partial charge is 0.211 e. The summed E-state index contributed by atoms with van der Waals surface area (Å²) < 4.78 is 0.828. The molecular weight excluding hydrogens is 241 g/mol. The number of benzene rings is 1. The predicted octanol–water partition coefficient (Wildman–Crippen LogP) is 3.38. The second-order valence-electron chi connectivity index (χ2n) is 2.26. The van der Waals surface area contributed by atoms with Crippen molar-refractivity contribution in [3.05, 3.63) is 27.2 Å². The molecule has 0 atom stereocenters. The Morgan fingerprint density at radius 3 is 2.75 bits per heavy atom. The van der Waals surface area contributed by atoms with Crippen LogP contribution >= 0.6 is 27.5 Å². The van der Waals surface area contributed by atoms with Gasteiger partial charge in [0.2, 0.25) is 6.08 Å². The van der Waals surface area contributed by atoms with Crippen molar-refractivity contribution >= 4 is 39.3 Å². The summed E-state index contributed by atoms with van der Waals surface area (Å²) in [6, 6.07) is 3.35. The minimum Gasteiger partial charge on any atom is -0.211 e. The molecule has 0 spiro atoms. The third-order valence-corrected chi connectivity index (χ3v) is 2.95. The molecule has 0 aliphatic rings. The minimum absolute atomic E-state index is 0.524. The van der Waals surface area contributed by atoms with Crippen molar-refractivity contribution in [2.75, 3.05) is 0 Å². The number of rotatable bonds is 1. The second kappa shape index (κ2) is 3.85. The minimum atomic E-state index is 0.524. The van der Waals surface area contributed by atoms with Gasteiger partial charge in [0.1, 0.15) is 0 Å². The summed E-state index contributed by atoms with van der Waals surface area (Å²) in [4.78, 5) is 13.4. The molecule has 1 rings (SSSR count). The quantitative estimate of drug-likeness (QED) is 0.552. The van der Waals surface area contributed by atoms with E-state index in [1.807, 2.05) is 6.92 Å². The van der Waals surface area contributed by atoms with Gasteiger partial charge in [-0.1, -0.05) is 11.6 Å². The van der Waals surface area contributed by atoms with Crippen LogP contribution in [-0.2, 0) is 4.79 Å². The van der Waals surface area contributed by atoms with Gasteiger partial charge < -0.3 is 0 Å². The number of carbonyl (C=O) groups excluding carboxylic acids is 1. The summed E-state index contributed by atoms with van der Waals surface area (Å²) >= 11 is 9.11. The zero-order valence-corrected chi connectivity index (χ0v) is 8.61. The van der Waals surface area contributed by atoms with Crippen LogP contribution in [0, 0.1) is 6.92 Å². The number of hydrogen-bond donors (Lipinski definition) is 0. The van der Waals surface area contributed by atoms with Crippen LogP contribution < -0.4 is 0 Å². The van der Waals surface area contributed by atoms with Crippen LogP contribution in [0.2, 0.25) is 5.02 Å². The van der Waals surface area contributed by atoms with Gasteiger partial charge in [-0.15, -0.1) is 0 Å². The van der Waals surface area contributed by atoms with E-state index in [1.54, 1.807) is 12.1 Å². The first kappa shape index (κ1) is 9.46. The van der Waals surface area contributed by atoms with Gasteiger partial charge in [-0.05, 0) is 40.5 Å². The summed E-state index contributed by atoms with van der Waals surface area (Å²) in [7, 11) is 0. The summed E-state index contributed by atoms with van der Waals surface area (Å²) in [5.74, 6) is 0. The third-order valence-electron chi connectivity index (χ3n) is 1.37. The molecule has 0 amide bonds. The zero-order valence-electron chi connectivity index (χ0n) is 6.27. The molecule has 0 unspecified atom stereocenters. The molecule has 0 heterocycles. The molecule has 0 fully saturated rings. The Morgan fingerprint density at radius 1 is 1.58 bits per heavy atom. The maximum atomic E-state index is 9.94. The van der Waals surface area contributed by atoms with Crippen LogP contribution in [0.1, 0.15) is 5.56 Å². The number of hydrogen-bond acceptors (Lipinski definition) is 2. The highest BCUT2D eigenvalue weighted by atomic mass is 79.9. The average molecular weight is 246 g/mol. The average Bonchev–Trinajstić information content (AvgIpc) is 2.01. The lowest BCUT2D eigenvalue weighted by molar-refractivity contribution is 0.565. The van der Waals surface area contributed by atoms with Crippen molar-refractivity contribution in [2.45, 2.75) is 6.92 Å². The Hall–Kier alpha value is -0.630. The summed E-state index contributed by atoms with van der Waals surface area (Å²) in [5.41, 5.74) is 1.47. The molecule has 0 saturated heterocycles. The summed E-state index contributed by atoms with van der Waals surface area (Å²) in [6.07, 6.45) is 1.46. The largest absolute Gasteiger partial charge is 0.240 e. The van der Waals surface area contributed by atoms with Crippen LogP contribution in [-0.4, -0.2) is 6.08 Å². The van der Waals surface area contributed by atoms with E-state index in [-0.39, 0.29) is 0 Å². The van der Waals surface area contributed by atoms with Gasteiger partial charge in [0.05, 0.1) is 10.7 Å². The SMILES string of the molecule is Cc1cc(N=C=O)cc(Cl)c1Br. The van der Waals surface area contributed by atoms with E-state index in [0.717, 1.165) is 10.0 Å². The van der Waals surface area contributed by atoms with Crippen LogP contribution in [0.3, 0.4) is 0 Å². The van der Waals surface area contributed by atoms with Crippen molar-refractivity contribution in [3.63, 3.8) is 0 Å². The van der Waals surface area contributed by atoms with Crippen molar-refractivity contribution in [3.8, 4) is 0 Å². The van der Waals surface area contributed by atoms with Gasteiger partial charge in [0, 0.05) is 4.47 Å². The highest BCUT2D eigenvalue weighted by molar-refractivity contribution is 9.10. The second-order valence-corrected chi connectivity index (χ2v) is 3.46.